The summed E-state index contributed by atoms with van der Waals surface area (Å²) < 4.78 is 0. The fourth-order valence-electron chi connectivity index (χ4n) is 7.72. The molecule has 8 heteroatoms. The molecular formula is C32H40Cl2N4O2. The monoisotopic (exact) mass is 582 g/mol. The van der Waals surface area contributed by atoms with E-state index >= 15 is 0 Å². The third-order valence-corrected chi connectivity index (χ3v) is 10.9. The van der Waals surface area contributed by atoms with Crippen molar-refractivity contribution in [2.24, 2.45) is 5.92 Å². The minimum Gasteiger partial charge on any atom is -0.342 e. The van der Waals surface area contributed by atoms with Crippen molar-refractivity contribution in [3.8, 4) is 0 Å². The van der Waals surface area contributed by atoms with Crippen LogP contribution in [-0.2, 0) is 15.0 Å². The van der Waals surface area contributed by atoms with Gasteiger partial charge in [-0.25, -0.2) is 0 Å². The normalized spacial score (nSPS) is 25.2. The molecule has 1 saturated carbocycles. The van der Waals surface area contributed by atoms with Gasteiger partial charge in [-0.1, -0.05) is 60.3 Å². The number of amides is 2. The molecule has 6 rings (SSSR count). The van der Waals surface area contributed by atoms with Gasteiger partial charge in [-0.3, -0.25) is 9.59 Å². The summed E-state index contributed by atoms with van der Waals surface area (Å²) in [5.41, 5.74) is 1.75. The molecule has 3 aliphatic heterocycles. The van der Waals surface area contributed by atoms with Crippen LogP contribution in [-0.4, -0.2) is 66.5 Å². The molecule has 1 atom stereocenters. The van der Waals surface area contributed by atoms with Gasteiger partial charge in [0.05, 0.1) is 16.7 Å². The summed E-state index contributed by atoms with van der Waals surface area (Å²) in [6, 6.07) is 16.3. The van der Waals surface area contributed by atoms with Gasteiger partial charge < -0.3 is 20.0 Å². The van der Waals surface area contributed by atoms with Crippen LogP contribution in [0.1, 0.15) is 63.4 Å². The number of nitrogens with one attached hydrogen (secondary N) is 1. The highest BCUT2D eigenvalue weighted by molar-refractivity contribution is 6.42. The van der Waals surface area contributed by atoms with Crippen LogP contribution in [0.4, 0.5) is 5.69 Å². The average Bonchev–Trinajstić information content (AvgIpc) is 3.73. The van der Waals surface area contributed by atoms with Crippen LogP contribution in [0.15, 0.2) is 48.5 Å². The number of benzene rings is 2. The third kappa shape index (κ3) is 5.23. The van der Waals surface area contributed by atoms with Crippen molar-refractivity contribution in [3.63, 3.8) is 0 Å². The second-order valence-electron chi connectivity index (χ2n) is 12.3. The van der Waals surface area contributed by atoms with Gasteiger partial charge in [-0.15, -0.1) is 0 Å². The van der Waals surface area contributed by atoms with Crippen molar-refractivity contribution >= 4 is 40.7 Å². The van der Waals surface area contributed by atoms with E-state index in [9.17, 15) is 9.59 Å². The Morgan fingerprint density at radius 3 is 2.42 bits per heavy atom. The molecule has 1 aliphatic carbocycles. The van der Waals surface area contributed by atoms with Crippen LogP contribution in [0.3, 0.4) is 0 Å². The number of piperidine rings is 1. The molecule has 1 N–H and O–H groups in total. The van der Waals surface area contributed by atoms with Gasteiger partial charge in [0.25, 0.3) is 0 Å². The predicted octanol–water partition coefficient (Wildman–Crippen LogP) is 5.86. The van der Waals surface area contributed by atoms with E-state index in [0.29, 0.717) is 22.6 Å². The number of rotatable bonds is 7. The molecule has 1 unspecified atom stereocenters. The number of nitrogens with zero attached hydrogens (tertiary/aromatic N) is 3. The Morgan fingerprint density at radius 1 is 0.950 bits per heavy atom. The molecule has 2 aromatic rings. The Morgan fingerprint density at radius 2 is 1.70 bits per heavy atom. The first-order chi connectivity index (χ1) is 19.4. The highest BCUT2D eigenvalue weighted by Gasteiger charge is 2.50. The molecule has 0 bridgehead atoms. The van der Waals surface area contributed by atoms with Crippen molar-refractivity contribution in [3.05, 3.63) is 64.1 Å². The van der Waals surface area contributed by atoms with E-state index in [1.807, 2.05) is 30.3 Å². The Kier molecular flexibility index (Phi) is 8.04. The van der Waals surface area contributed by atoms with Crippen LogP contribution in [0.2, 0.25) is 10.0 Å². The van der Waals surface area contributed by atoms with Gasteiger partial charge >= 0.3 is 0 Å². The summed E-state index contributed by atoms with van der Waals surface area (Å²) in [7, 11) is 0. The maximum atomic E-state index is 13.3. The van der Waals surface area contributed by atoms with Crippen molar-refractivity contribution < 1.29 is 9.59 Å². The van der Waals surface area contributed by atoms with Crippen molar-refractivity contribution in [1.29, 1.82) is 0 Å². The molecule has 4 fully saturated rings. The molecule has 0 aromatic heterocycles. The first-order valence-corrected chi connectivity index (χ1v) is 15.7. The lowest BCUT2D eigenvalue weighted by Crippen LogP contribution is -2.56. The van der Waals surface area contributed by atoms with Crippen LogP contribution in [0.25, 0.3) is 0 Å². The Labute approximate surface area is 248 Å². The van der Waals surface area contributed by atoms with Gasteiger partial charge in [0, 0.05) is 43.2 Å². The van der Waals surface area contributed by atoms with Crippen LogP contribution < -0.4 is 10.2 Å². The molecule has 214 valence electrons. The number of anilines is 1. The molecule has 2 amide bonds. The number of hydrogen-bond acceptors (Lipinski definition) is 4. The minimum absolute atomic E-state index is 0.102. The Balaban J connectivity index is 1.11. The summed E-state index contributed by atoms with van der Waals surface area (Å²) in [6.45, 7) is 4.95. The highest BCUT2D eigenvalue weighted by Crippen LogP contribution is 2.43. The summed E-state index contributed by atoms with van der Waals surface area (Å²) in [5.74, 6) is 0.708. The molecule has 6 nitrogen and oxygen atoms in total. The minimum atomic E-state index is -0.453. The summed E-state index contributed by atoms with van der Waals surface area (Å²) in [5, 5.41) is 4.26. The lowest BCUT2D eigenvalue weighted by molar-refractivity contribution is -0.134. The standard InChI is InChI=1S/C32H40Cl2N4O2/c33-27-12-11-25(21-28(27)34)31(14-20-37(22-31)29(39)24-7-4-5-8-24)13-6-17-36-18-15-32(16-19-36)30(40)35-23-38(32)26-9-2-1-3-10-26/h1-3,9-12,21,24H,4-8,13-20,22-23H2,(H,35,40). The average molecular weight is 584 g/mol. The fraction of sp³-hybridized carbons (Fsp3) is 0.562. The zero-order valence-corrected chi connectivity index (χ0v) is 24.7. The van der Waals surface area contributed by atoms with E-state index in [-0.39, 0.29) is 17.2 Å². The van der Waals surface area contributed by atoms with E-state index in [4.69, 9.17) is 23.2 Å². The molecule has 2 aromatic carbocycles. The zero-order chi connectivity index (χ0) is 27.7. The molecule has 4 aliphatic rings. The zero-order valence-electron chi connectivity index (χ0n) is 23.2. The molecular weight excluding hydrogens is 543 g/mol. The largest absolute Gasteiger partial charge is 0.342 e. The molecule has 0 radical (unpaired) electrons. The SMILES string of the molecule is O=C(C1CCCC1)N1CCC(CCCN2CCC3(CC2)C(=O)NCN3c2ccccc2)(c2ccc(Cl)c(Cl)c2)C1. The number of carbonyl (C=O) groups excluding carboxylic acids is 2. The van der Waals surface area contributed by atoms with Gasteiger partial charge in [0.2, 0.25) is 11.8 Å². The lowest BCUT2D eigenvalue weighted by Gasteiger charge is -2.43. The highest BCUT2D eigenvalue weighted by atomic mass is 35.5. The van der Waals surface area contributed by atoms with Gasteiger partial charge in [0.15, 0.2) is 0 Å². The first-order valence-electron chi connectivity index (χ1n) is 15.0. The Hall–Kier alpha value is -2.28. The number of para-hydroxylation sites is 1. The number of halogens is 2. The summed E-state index contributed by atoms with van der Waals surface area (Å²) in [6.07, 6.45) is 9.05. The second kappa shape index (κ2) is 11.5. The van der Waals surface area contributed by atoms with Gasteiger partial charge in [0.1, 0.15) is 5.54 Å². The number of carbonyl (C=O) groups is 2. The molecule has 40 heavy (non-hydrogen) atoms. The van der Waals surface area contributed by atoms with Crippen molar-refractivity contribution in [1.82, 2.24) is 15.1 Å². The van der Waals surface area contributed by atoms with Crippen molar-refractivity contribution in [2.75, 3.05) is 44.3 Å². The van der Waals surface area contributed by atoms with Crippen LogP contribution in [0, 0.1) is 5.92 Å². The third-order valence-electron chi connectivity index (χ3n) is 10.1. The van der Waals surface area contributed by atoms with E-state index in [1.165, 1.54) is 18.4 Å². The smallest absolute Gasteiger partial charge is 0.247 e. The fourth-order valence-corrected chi connectivity index (χ4v) is 8.02. The molecule has 3 heterocycles. The summed E-state index contributed by atoms with van der Waals surface area (Å²) >= 11 is 12.8. The number of hydrogen-bond donors (Lipinski definition) is 1. The van der Waals surface area contributed by atoms with Crippen LogP contribution >= 0.6 is 23.2 Å². The van der Waals surface area contributed by atoms with Gasteiger partial charge in [-0.05, 0) is 81.3 Å². The second-order valence-corrected chi connectivity index (χ2v) is 13.1. The Bertz CT molecular complexity index is 1230. The van der Waals surface area contributed by atoms with Crippen molar-refractivity contribution in [2.45, 2.75) is 68.7 Å². The summed E-state index contributed by atoms with van der Waals surface area (Å²) in [4.78, 5) is 33.3. The van der Waals surface area contributed by atoms with E-state index in [1.54, 1.807) is 0 Å². The quantitative estimate of drug-likeness (QED) is 0.444. The lowest BCUT2D eigenvalue weighted by atomic mass is 9.75. The first kappa shape index (κ1) is 27.9. The maximum Gasteiger partial charge on any atom is 0.247 e. The van der Waals surface area contributed by atoms with E-state index < -0.39 is 5.54 Å². The molecule has 1 spiro atoms. The van der Waals surface area contributed by atoms with E-state index in [2.05, 4.69) is 38.2 Å². The predicted molar refractivity (Wildman–Crippen MR) is 161 cm³/mol. The topological polar surface area (TPSA) is 55.9 Å². The number of likely N-dealkylation sites (tertiary alicyclic amines) is 2. The van der Waals surface area contributed by atoms with E-state index in [0.717, 1.165) is 83.4 Å². The molecule has 3 saturated heterocycles. The van der Waals surface area contributed by atoms with Gasteiger partial charge in [-0.2, -0.15) is 0 Å². The van der Waals surface area contributed by atoms with Crippen LogP contribution in [0.5, 0.6) is 0 Å². The maximum absolute atomic E-state index is 13.3.